The summed E-state index contributed by atoms with van der Waals surface area (Å²) in [5.74, 6) is -0.158. The third-order valence-electron chi connectivity index (χ3n) is 5.23. The van der Waals surface area contributed by atoms with Crippen molar-refractivity contribution in [2.45, 2.75) is 50.1 Å². The smallest absolute Gasteiger partial charge is 0.325 e. The molecule has 0 aromatic carbocycles. The van der Waals surface area contributed by atoms with Gasteiger partial charge in [-0.15, -0.1) is 12.4 Å². The number of nitrogens with zero attached hydrogens (tertiary/aromatic N) is 2. The SMILES string of the molecule is CN(C(=O)CCN1C(=O)NC2(CCCC2)C1=O)C1CCNC1.Cl. The normalized spacial score (nSPS) is 25.6. The molecule has 3 fully saturated rings. The van der Waals surface area contributed by atoms with Gasteiger partial charge in [0.05, 0.1) is 0 Å². The number of carbonyl (C=O) groups excluding carboxylic acids is 3. The zero-order valence-electron chi connectivity index (χ0n) is 13.5. The predicted octanol–water partition coefficient (Wildman–Crippen LogP) is 0.483. The lowest BCUT2D eigenvalue weighted by Crippen LogP contribution is -2.44. The van der Waals surface area contributed by atoms with Gasteiger partial charge in [0.25, 0.3) is 5.91 Å². The maximum Gasteiger partial charge on any atom is 0.325 e. The quantitative estimate of drug-likeness (QED) is 0.727. The van der Waals surface area contributed by atoms with E-state index in [4.69, 9.17) is 0 Å². The molecule has 2 N–H and O–H groups in total. The number of halogens is 1. The number of rotatable bonds is 4. The zero-order valence-corrected chi connectivity index (χ0v) is 14.3. The van der Waals surface area contributed by atoms with Crippen LogP contribution < -0.4 is 10.6 Å². The second-order valence-electron chi connectivity index (χ2n) is 6.58. The van der Waals surface area contributed by atoms with Gasteiger partial charge in [-0.25, -0.2) is 4.79 Å². The van der Waals surface area contributed by atoms with Crippen LogP contribution in [0.5, 0.6) is 0 Å². The van der Waals surface area contributed by atoms with Gasteiger partial charge in [-0.1, -0.05) is 12.8 Å². The van der Waals surface area contributed by atoms with E-state index in [1.165, 1.54) is 4.90 Å². The molecule has 1 saturated carbocycles. The van der Waals surface area contributed by atoms with Gasteiger partial charge in [-0.3, -0.25) is 14.5 Å². The number of hydrogen-bond acceptors (Lipinski definition) is 4. The molecule has 3 rings (SSSR count). The highest BCUT2D eigenvalue weighted by Gasteiger charge is 2.52. The molecule has 2 aliphatic heterocycles. The van der Waals surface area contributed by atoms with Crippen molar-refractivity contribution in [3.63, 3.8) is 0 Å². The Labute approximate surface area is 142 Å². The molecule has 23 heavy (non-hydrogen) atoms. The first-order chi connectivity index (χ1) is 10.5. The summed E-state index contributed by atoms with van der Waals surface area (Å²) in [6, 6.07) is -0.123. The Morgan fingerprint density at radius 1 is 1.35 bits per heavy atom. The number of imide groups is 1. The Morgan fingerprint density at radius 2 is 2.04 bits per heavy atom. The second kappa shape index (κ2) is 7.05. The van der Waals surface area contributed by atoms with Gasteiger partial charge < -0.3 is 15.5 Å². The third kappa shape index (κ3) is 3.30. The van der Waals surface area contributed by atoms with Gasteiger partial charge >= 0.3 is 6.03 Å². The molecule has 0 radical (unpaired) electrons. The van der Waals surface area contributed by atoms with Crippen molar-refractivity contribution in [2.24, 2.45) is 0 Å². The maximum atomic E-state index is 12.5. The molecule has 2 heterocycles. The Balaban J connectivity index is 0.00000192. The number of hydrogen-bond donors (Lipinski definition) is 2. The molecule has 8 heteroatoms. The lowest BCUT2D eigenvalue weighted by atomic mass is 9.98. The Hall–Kier alpha value is -1.34. The van der Waals surface area contributed by atoms with Gasteiger partial charge in [0.15, 0.2) is 0 Å². The molecule has 1 spiro atoms. The average Bonchev–Trinajstić information content (AvgIpc) is 3.21. The standard InChI is InChI=1S/C15H24N4O3.ClH/c1-18(11-4-8-16-10-11)12(20)5-9-19-13(21)15(17-14(19)22)6-2-3-7-15;/h11,16H,2-10H2,1H3,(H,17,22);1H. The van der Waals surface area contributed by atoms with E-state index in [1.807, 2.05) is 0 Å². The molecular weight excluding hydrogens is 320 g/mol. The van der Waals surface area contributed by atoms with Crippen LogP contribution in [0.25, 0.3) is 0 Å². The van der Waals surface area contributed by atoms with Crippen LogP contribution >= 0.6 is 12.4 Å². The fourth-order valence-electron chi connectivity index (χ4n) is 3.75. The zero-order chi connectivity index (χ0) is 15.7. The van der Waals surface area contributed by atoms with Gasteiger partial charge in [0.1, 0.15) is 5.54 Å². The summed E-state index contributed by atoms with van der Waals surface area (Å²) in [5.41, 5.74) is -0.679. The highest BCUT2D eigenvalue weighted by atomic mass is 35.5. The molecule has 0 bridgehead atoms. The van der Waals surface area contributed by atoms with Crippen molar-refractivity contribution >= 4 is 30.3 Å². The maximum absolute atomic E-state index is 12.5. The molecule has 1 unspecified atom stereocenters. The minimum absolute atomic E-state index is 0. The highest BCUT2D eigenvalue weighted by molar-refractivity contribution is 6.07. The topological polar surface area (TPSA) is 81.8 Å². The van der Waals surface area contributed by atoms with Crippen LogP contribution in [0.1, 0.15) is 38.5 Å². The number of carbonyl (C=O) groups is 3. The largest absolute Gasteiger partial charge is 0.341 e. The van der Waals surface area contributed by atoms with E-state index in [9.17, 15) is 14.4 Å². The van der Waals surface area contributed by atoms with E-state index < -0.39 is 5.54 Å². The predicted molar refractivity (Wildman–Crippen MR) is 87.4 cm³/mol. The minimum atomic E-state index is -0.679. The lowest BCUT2D eigenvalue weighted by molar-refractivity contribution is -0.133. The van der Waals surface area contributed by atoms with Gasteiger partial charge in [0.2, 0.25) is 5.91 Å². The Kier molecular flexibility index (Phi) is 5.52. The number of urea groups is 1. The molecular formula is C15H25ClN4O3. The van der Waals surface area contributed by atoms with E-state index in [0.29, 0.717) is 0 Å². The first kappa shape index (κ1) is 18.0. The first-order valence-corrected chi connectivity index (χ1v) is 8.14. The minimum Gasteiger partial charge on any atom is -0.341 e. The summed E-state index contributed by atoms with van der Waals surface area (Å²) in [6.07, 6.45) is 4.52. The van der Waals surface area contributed by atoms with Crippen LogP contribution in [-0.4, -0.2) is 65.9 Å². The van der Waals surface area contributed by atoms with Crippen molar-refractivity contribution in [1.82, 2.24) is 20.4 Å². The van der Waals surface area contributed by atoms with E-state index in [0.717, 1.165) is 45.2 Å². The fraction of sp³-hybridized carbons (Fsp3) is 0.800. The Morgan fingerprint density at radius 3 is 2.65 bits per heavy atom. The number of amides is 4. The summed E-state index contributed by atoms with van der Waals surface area (Å²) in [7, 11) is 1.80. The molecule has 4 amide bonds. The average molecular weight is 345 g/mol. The molecule has 7 nitrogen and oxygen atoms in total. The summed E-state index contributed by atoms with van der Waals surface area (Å²) >= 11 is 0. The molecule has 3 aliphatic rings. The van der Waals surface area contributed by atoms with Gasteiger partial charge in [-0.2, -0.15) is 0 Å². The number of nitrogens with one attached hydrogen (secondary N) is 2. The van der Waals surface area contributed by atoms with Crippen molar-refractivity contribution in [2.75, 3.05) is 26.7 Å². The number of likely N-dealkylation sites (N-methyl/N-ethyl adjacent to an activating group) is 1. The van der Waals surface area contributed by atoms with Gasteiger partial charge in [-0.05, 0) is 25.8 Å². The summed E-state index contributed by atoms with van der Waals surface area (Å²) in [5, 5.41) is 6.07. The molecule has 0 aromatic rings. The van der Waals surface area contributed by atoms with Crippen LogP contribution in [0, 0.1) is 0 Å². The Bertz CT molecular complexity index is 487. The van der Waals surface area contributed by atoms with Crippen molar-refractivity contribution in [3.05, 3.63) is 0 Å². The lowest BCUT2D eigenvalue weighted by Gasteiger charge is -2.25. The highest BCUT2D eigenvalue weighted by Crippen LogP contribution is 2.35. The molecule has 0 aromatic heterocycles. The van der Waals surface area contributed by atoms with Crippen molar-refractivity contribution < 1.29 is 14.4 Å². The third-order valence-corrected chi connectivity index (χ3v) is 5.23. The van der Waals surface area contributed by atoms with Crippen molar-refractivity contribution in [1.29, 1.82) is 0 Å². The monoisotopic (exact) mass is 344 g/mol. The summed E-state index contributed by atoms with van der Waals surface area (Å²) in [4.78, 5) is 39.7. The summed E-state index contributed by atoms with van der Waals surface area (Å²) < 4.78 is 0. The van der Waals surface area contributed by atoms with E-state index in [1.54, 1.807) is 11.9 Å². The first-order valence-electron chi connectivity index (χ1n) is 8.14. The molecule has 1 aliphatic carbocycles. The fourth-order valence-corrected chi connectivity index (χ4v) is 3.75. The van der Waals surface area contributed by atoms with Crippen LogP contribution in [0.4, 0.5) is 4.79 Å². The van der Waals surface area contributed by atoms with Gasteiger partial charge in [0, 0.05) is 32.6 Å². The van der Waals surface area contributed by atoms with Crippen LogP contribution in [0.2, 0.25) is 0 Å². The molecule has 130 valence electrons. The van der Waals surface area contributed by atoms with E-state index in [-0.39, 0.29) is 49.3 Å². The van der Waals surface area contributed by atoms with E-state index >= 15 is 0 Å². The molecule has 1 atom stereocenters. The second-order valence-corrected chi connectivity index (χ2v) is 6.58. The van der Waals surface area contributed by atoms with Crippen molar-refractivity contribution in [3.8, 4) is 0 Å². The molecule has 2 saturated heterocycles. The van der Waals surface area contributed by atoms with E-state index in [2.05, 4.69) is 10.6 Å². The van der Waals surface area contributed by atoms with Crippen LogP contribution in [0.15, 0.2) is 0 Å². The van der Waals surface area contributed by atoms with Crippen LogP contribution in [-0.2, 0) is 9.59 Å². The summed E-state index contributed by atoms with van der Waals surface area (Å²) in [6.45, 7) is 1.92. The van der Waals surface area contributed by atoms with Crippen LogP contribution in [0.3, 0.4) is 0 Å².